The first-order valence-corrected chi connectivity index (χ1v) is 4.91. The standard InChI is InChI=1S/C12H7F4NO/c13-11-10(18)8(5-6-17-11)7-3-1-2-4-9(7)12(14,15)16/h1-6,18H. The van der Waals surface area contributed by atoms with Crippen molar-refractivity contribution in [2.75, 3.05) is 0 Å². The van der Waals surface area contributed by atoms with Crippen LogP contribution in [0.15, 0.2) is 36.5 Å². The molecule has 0 saturated carbocycles. The van der Waals surface area contributed by atoms with Gasteiger partial charge < -0.3 is 5.11 Å². The van der Waals surface area contributed by atoms with Gasteiger partial charge >= 0.3 is 6.18 Å². The molecule has 2 nitrogen and oxygen atoms in total. The van der Waals surface area contributed by atoms with Crippen molar-refractivity contribution in [2.45, 2.75) is 6.18 Å². The van der Waals surface area contributed by atoms with E-state index in [1.165, 1.54) is 12.1 Å². The molecule has 1 N–H and O–H groups in total. The lowest BCUT2D eigenvalue weighted by Gasteiger charge is -2.13. The van der Waals surface area contributed by atoms with Crippen molar-refractivity contribution >= 4 is 0 Å². The first-order chi connectivity index (χ1) is 8.41. The fraction of sp³-hybridized carbons (Fsp3) is 0.0833. The number of hydrogen-bond acceptors (Lipinski definition) is 2. The number of nitrogens with zero attached hydrogens (tertiary/aromatic N) is 1. The number of aromatic nitrogens is 1. The summed E-state index contributed by atoms with van der Waals surface area (Å²) in [6.07, 6.45) is -3.58. The number of rotatable bonds is 1. The maximum atomic E-state index is 13.1. The zero-order valence-electron chi connectivity index (χ0n) is 8.87. The van der Waals surface area contributed by atoms with Gasteiger partial charge in [-0.25, -0.2) is 4.98 Å². The summed E-state index contributed by atoms with van der Waals surface area (Å²) in [6, 6.07) is 5.76. The van der Waals surface area contributed by atoms with Crippen molar-refractivity contribution < 1.29 is 22.7 Å². The predicted molar refractivity (Wildman–Crippen MR) is 56.3 cm³/mol. The van der Waals surface area contributed by atoms with Crippen LogP contribution in [0.4, 0.5) is 17.6 Å². The Labute approximate surface area is 99.5 Å². The maximum absolute atomic E-state index is 13.1. The normalized spacial score (nSPS) is 11.6. The molecule has 0 radical (unpaired) electrons. The summed E-state index contributed by atoms with van der Waals surface area (Å²) in [5.41, 5.74) is -1.47. The molecule has 0 amide bonds. The van der Waals surface area contributed by atoms with Gasteiger partial charge in [-0.05, 0) is 17.7 Å². The van der Waals surface area contributed by atoms with Gasteiger partial charge in [0.05, 0.1) is 5.56 Å². The van der Waals surface area contributed by atoms with E-state index >= 15 is 0 Å². The Balaban J connectivity index is 2.69. The molecule has 0 saturated heterocycles. The van der Waals surface area contributed by atoms with E-state index in [1.807, 2.05) is 0 Å². The molecule has 0 aliphatic rings. The minimum atomic E-state index is -4.58. The van der Waals surface area contributed by atoms with Crippen LogP contribution >= 0.6 is 0 Å². The lowest BCUT2D eigenvalue weighted by molar-refractivity contribution is -0.137. The predicted octanol–water partition coefficient (Wildman–Crippen LogP) is 3.61. The molecule has 0 aliphatic carbocycles. The fourth-order valence-corrected chi connectivity index (χ4v) is 1.61. The molecule has 2 aromatic rings. The highest BCUT2D eigenvalue weighted by Crippen LogP contribution is 2.39. The monoisotopic (exact) mass is 257 g/mol. The van der Waals surface area contributed by atoms with E-state index in [9.17, 15) is 22.7 Å². The average molecular weight is 257 g/mol. The van der Waals surface area contributed by atoms with Crippen LogP contribution in [0.5, 0.6) is 5.75 Å². The van der Waals surface area contributed by atoms with E-state index < -0.39 is 23.4 Å². The number of aromatic hydroxyl groups is 1. The molecular weight excluding hydrogens is 250 g/mol. The summed E-state index contributed by atoms with van der Waals surface area (Å²) in [7, 11) is 0. The van der Waals surface area contributed by atoms with Crippen molar-refractivity contribution in [3.05, 3.63) is 48.0 Å². The molecule has 0 aliphatic heterocycles. The van der Waals surface area contributed by atoms with Crippen LogP contribution in [0.25, 0.3) is 11.1 Å². The Morgan fingerprint density at radius 3 is 2.33 bits per heavy atom. The molecule has 2 rings (SSSR count). The second-order valence-electron chi connectivity index (χ2n) is 3.54. The van der Waals surface area contributed by atoms with Gasteiger partial charge in [-0.2, -0.15) is 17.6 Å². The van der Waals surface area contributed by atoms with Gasteiger partial charge in [0, 0.05) is 11.8 Å². The molecule has 94 valence electrons. The van der Waals surface area contributed by atoms with E-state index in [4.69, 9.17) is 0 Å². The molecule has 0 spiro atoms. The highest BCUT2D eigenvalue weighted by Gasteiger charge is 2.34. The summed E-state index contributed by atoms with van der Waals surface area (Å²) >= 11 is 0. The van der Waals surface area contributed by atoms with Crippen molar-refractivity contribution in [3.63, 3.8) is 0 Å². The van der Waals surface area contributed by atoms with Crippen molar-refractivity contribution in [1.82, 2.24) is 4.98 Å². The van der Waals surface area contributed by atoms with Crippen molar-refractivity contribution in [2.24, 2.45) is 0 Å². The molecule has 1 aromatic heterocycles. The third-order valence-corrected chi connectivity index (χ3v) is 2.40. The summed E-state index contributed by atoms with van der Waals surface area (Å²) < 4.78 is 51.4. The molecule has 1 aromatic carbocycles. The Bertz CT molecular complexity index is 581. The van der Waals surface area contributed by atoms with Gasteiger partial charge in [0.25, 0.3) is 5.95 Å². The number of alkyl halides is 3. The topological polar surface area (TPSA) is 33.1 Å². The third-order valence-electron chi connectivity index (χ3n) is 2.40. The third kappa shape index (κ3) is 2.13. The second kappa shape index (κ2) is 4.29. The SMILES string of the molecule is Oc1c(-c2ccccc2C(F)(F)F)ccnc1F. The van der Waals surface area contributed by atoms with E-state index in [2.05, 4.69) is 4.98 Å². The summed E-state index contributed by atoms with van der Waals surface area (Å²) in [5.74, 6) is -2.10. The molecule has 0 atom stereocenters. The Kier molecular flexibility index (Phi) is 2.94. The minimum absolute atomic E-state index is 0.240. The fourth-order valence-electron chi connectivity index (χ4n) is 1.61. The largest absolute Gasteiger partial charge is 0.503 e. The molecule has 18 heavy (non-hydrogen) atoms. The highest BCUT2D eigenvalue weighted by molar-refractivity contribution is 5.73. The second-order valence-corrected chi connectivity index (χ2v) is 3.54. The molecule has 1 heterocycles. The molecule has 0 unspecified atom stereocenters. The Morgan fingerprint density at radius 2 is 1.67 bits per heavy atom. The molecule has 6 heteroatoms. The average Bonchev–Trinajstić information content (AvgIpc) is 2.32. The Hall–Kier alpha value is -2.11. The van der Waals surface area contributed by atoms with E-state index in [0.29, 0.717) is 0 Å². The molecule has 0 fully saturated rings. The summed E-state index contributed by atoms with van der Waals surface area (Å²) in [4.78, 5) is 3.16. The quantitative estimate of drug-likeness (QED) is 0.625. The van der Waals surface area contributed by atoms with Crippen LogP contribution < -0.4 is 0 Å². The summed E-state index contributed by atoms with van der Waals surface area (Å²) in [6.45, 7) is 0. The zero-order chi connectivity index (χ0) is 13.3. The maximum Gasteiger partial charge on any atom is 0.417 e. The number of halogens is 4. The lowest BCUT2D eigenvalue weighted by atomic mass is 9.99. The minimum Gasteiger partial charge on any atom is -0.503 e. The van der Waals surface area contributed by atoms with Crippen LogP contribution in [0, 0.1) is 5.95 Å². The van der Waals surface area contributed by atoms with Gasteiger partial charge in [0.15, 0.2) is 5.75 Å². The summed E-state index contributed by atoms with van der Waals surface area (Å²) in [5, 5.41) is 9.44. The first-order valence-electron chi connectivity index (χ1n) is 4.91. The van der Waals surface area contributed by atoms with Crippen LogP contribution in [0.2, 0.25) is 0 Å². The number of hydrogen-bond donors (Lipinski definition) is 1. The van der Waals surface area contributed by atoms with Crippen LogP contribution in [-0.2, 0) is 6.18 Å². The van der Waals surface area contributed by atoms with E-state index in [0.717, 1.165) is 24.4 Å². The van der Waals surface area contributed by atoms with E-state index in [1.54, 1.807) is 0 Å². The van der Waals surface area contributed by atoms with Gasteiger partial charge in [-0.3, -0.25) is 0 Å². The van der Waals surface area contributed by atoms with Crippen LogP contribution in [-0.4, -0.2) is 10.1 Å². The Morgan fingerprint density at radius 1 is 1.00 bits per heavy atom. The van der Waals surface area contributed by atoms with Gasteiger partial charge in [-0.15, -0.1) is 0 Å². The highest BCUT2D eigenvalue weighted by atomic mass is 19.4. The zero-order valence-corrected chi connectivity index (χ0v) is 8.87. The first kappa shape index (κ1) is 12.3. The van der Waals surface area contributed by atoms with Crippen molar-refractivity contribution in [3.8, 4) is 16.9 Å². The van der Waals surface area contributed by atoms with Gasteiger partial charge in [-0.1, -0.05) is 18.2 Å². The molecule has 0 bridgehead atoms. The lowest BCUT2D eigenvalue weighted by Crippen LogP contribution is -2.07. The molecular formula is C12H7F4NO. The van der Waals surface area contributed by atoms with Crippen molar-refractivity contribution in [1.29, 1.82) is 0 Å². The van der Waals surface area contributed by atoms with Gasteiger partial charge in [0.2, 0.25) is 0 Å². The smallest absolute Gasteiger partial charge is 0.417 e. The van der Waals surface area contributed by atoms with Crippen LogP contribution in [0.3, 0.4) is 0 Å². The van der Waals surface area contributed by atoms with Gasteiger partial charge in [0.1, 0.15) is 0 Å². The van der Waals surface area contributed by atoms with E-state index in [-0.39, 0.29) is 11.1 Å². The number of pyridine rings is 1. The number of benzene rings is 1. The van der Waals surface area contributed by atoms with Crippen LogP contribution in [0.1, 0.15) is 5.56 Å².